The zero-order valence-electron chi connectivity index (χ0n) is 13.3. The SMILES string of the molecule is COc1ccc(N)c(NC(=O)CSCC(=O)N2CCCCC2)c1. The number of likely N-dealkylation sites (tertiary alicyclic amines) is 1. The number of nitrogen functional groups attached to an aromatic ring is 1. The van der Waals surface area contributed by atoms with Crippen LogP contribution in [0.4, 0.5) is 11.4 Å². The van der Waals surface area contributed by atoms with Crippen LogP contribution in [0.3, 0.4) is 0 Å². The van der Waals surface area contributed by atoms with Crippen molar-refractivity contribution in [3.63, 3.8) is 0 Å². The maximum absolute atomic E-state index is 12.0. The highest BCUT2D eigenvalue weighted by Crippen LogP contribution is 2.24. The van der Waals surface area contributed by atoms with E-state index in [1.54, 1.807) is 25.3 Å². The summed E-state index contributed by atoms with van der Waals surface area (Å²) in [6.07, 6.45) is 3.35. The van der Waals surface area contributed by atoms with E-state index in [1.165, 1.54) is 18.2 Å². The average Bonchev–Trinajstić information content (AvgIpc) is 2.57. The first kappa shape index (κ1) is 17.5. The lowest BCUT2D eigenvalue weighted by atomic mass is 10.1. The molecule has 2 rings (SSSR count). The Labute approximate surface area is 140 Å². The maximum atomic E-state index is 12.0. The van der Waals surface area contributed by atoms with Crippen molar-refractivity contribution in [2.75, 3.05) is 42.8 Å². The van der Waals surface area contributed by atoms with E-state index in [1.807, 2.05) is 4.90 Å². The number of ether oxygens (including phenoxy) is 1. The third-order valence-electron chi connectivity index (χ3n) is 3.70. The summed E-state index contributed by atoms with van der Waals surface area (Å²) in [5.41, 5.74) is 6.83. The van der Waals surface area contributed by atoms with E-state index < -0.39 is 0 Å². The Hall–Kier alpha value is -1.89. The first-order chi connectivity index (χ1) is 11.1. The van der Waals surface area contributed by atoms with Gasteiger partial charge in [0.25, 0.3) is 0 Å². The predicted octanol–water partition coefficient (Wildman–Crippen LogP) is 1.96. The van der Waals surface area contributed by atoms with Gasteiger partial charge in [-0.1, -0.05) is 0 Å². The van der Waals surface area contributed by atoms with Crippen LogP contribution in [0.15, 0.2) is 18.2 Å². The second kappa shape index (κ2) is 8.67. The number of piperidine rings is 1. The highest BCUT2D eigenvalue weighted by Gasteiger charge is 2.16. The number of carbonyl (C=O) groups excluding carboxylic acids is 2. The molecule has 0 bridgehead atoms. The molecule has 0 aliphatic carbocycles. The molecule has 0 saturated carbocycles. The van der Waals surface area contributed by atoms with Crippen LogP contribution < -0.4 is 15.8 Å². The standard InChI is InChI=1S/C16H23N3O3S/c1-22-12-5-6-13(17)14(9-12)18-15(20)10-23-11-16(21)19-7-3-2-4-8-19/h5-6,9H,2-4,7-8,10-11,17H2,1H3,(H,18,20). The fourth-order valence-electron chi connectivity index (χ4n) is 2.42. The van der Waals surface area contributed by atoms with Gasteiger partial charge in [0.1, 0.15) is 5.75 Å². The fraction of sp³-hybridized carbons (Fsp3) is 0.500. The van der Waals surface area contributed by atoms with Gasteiger partial charge in [-0.15, -0.1) is 11.8 Å². The highest BCUT2D eigenvalue weighted by atomic mass is 32.2. The van der Waals surface area contributed by atoms with E-state index in [4.69, 9.17) is 10.5 Å². The van der Waals surface area contributed by atoms with Crippen molar-refractivity contribution >= 4 is 35.0 Å². The van der Waals surface area contributed by atoms with E-state index in [9.17, 15) is 9.59 Å². The Kier molecular flexibility index (Phi) is 6.58. The fourth-order valence-corrected chi connectivity index (χ4v) is 3.14. The van der Waals surface area contributed by atoms with Gasteiger partial charge in [0.05, 0.1) is 30.0 Å². The molecule has 1 saturated heterocycles. The molecule has 0 spiro atoms. The van der Waals surface area contributed by atoms with Crippen molar-refractivity contribution < 1.29 is 14.3 Å². The van der Waals surface area contributed by atoms with Crippen LogP contribution in [0, 0.1) is 0 Å². The van der Waals surface area contributed by atoms with Crippen LogP contribution in [-0.4, -0.2) is 48.4 Å². The number of amides is 2. The second-order valence-electron chi connectivity index (χ2n) is 5.44. The quantitative estimate of drug-likeness (QED) is 0.775. The van der Waals surface area contributed by atoms with E-state index in [0.717, 1.165) is 25.9 Å². The van der Waals surface area contributed by atoms with Gasteiger partial charge in [-0.25, -0.2) is 0 Å². The van der Waals surface area contributed by atoms with E-state index in [-0.39, 0.29) is 17.6 Å². The van der Waals surface area contributed by atoms with E-state index in [2.05, 4.69) is 5.32 Å². The molecule has 0 atom stereocenters. The summed E-state index contributed by atoms with van der Waals surface area (Å²) >= 11 is 1.32. The molecule has 0 radical (unpaired) electrons. The molecule has 1 aromatic rings. The predicted molar refractivity (Wildman–Crippen MR) is 93.8 cm³/mol. The number of anilines is 2. The first-order valence-electron chi connectivity index (χ1n) is 7.69. The van der Waals surface area contributed by atoms with Crippen LogP contribution in [-0.2, 0) is 9.59 Å². The minimum Gasteiger partial charge on any atom is -0.497 e. The Morgan fingerprint density at radius 1 is 1.26 bits per heavy atom. The lowest BCUT2D eigenvalue weighted by Crippen LogP contribution is -2.37. The molecule has 2 amide bonds. The summed E-state index contributed by atoms with van der Waals surface area (Å²) in [7, 11) is 1.55. The number of methoxy groups -OCH3 is 1. The Morgan fingerprint density at radius 2 is 2.00 bits per heavy atom. The summed E-state index contributed by atoms with van der Waals surface area (Å²) in [5, 5.41) is 2.75. The largest absolute Gasteiger partial charge is 0.497 e. The van der Waals surface area contributed by atoms with E-state index >= 15 is 0 Å². The summed E-state index contributed by atoms with van der Waals surface area (Å²) in [5.74, 6) is 1.12. The third-order valence-corrected chi connectivity index (χ3v) is 4.62. The average molecular weight is 337 g/mol. The van der Waals surface area contributed by atoms with Crippen molar-refractivity contribution in [2.24, 2.45) is 0 Å². The van der Waals surface area contributed by atoms with Crippen LogP contribution in [0.2, 0.25) is 0 Å². The molecule has 6 nitrogen and oxygen atoms in total. The molecule has 0 aromatic heterocycles. The molecule has 1 aromatic carbocycles. The number of carbonyl (C=O) groups is 2. The molecule has 126 valence electrons. The van der Waals surface area contributed by atoms with Crippen molar-refractivity contribution in [1.82, 2.24) is 4.90 Å². The Balaban J connectivity index is 1.75. The molecule has 1 heterocycles. The molecule has 3 N–H and O–H groups in total. The number of nitrogens with two attached hydrogens (primary N) is 1. The number of thioether (sulfide) groups is 1. The summed E-state index contributed by atoms with van der Waals surface area (Å²) in [4.78, 5) is 25.9. The lowest BCUT2D eigenvalue weighted by Gasteiger charge is -2.26. The molecular formula is C16H23N3O3S. The summed E-state index contributed by atoms with van der Waals surface area (Å²) < 4.78 is 5.11. The second-order valence-corrected chi connectivity index (χ2v) is 6.42. The van der Waals surface area contributed by atoms with Gasteiger partial charge in [0, 0.05) is 19.2 Å². The molecule has 7 heteroatoms. The number of hydrogen-bond acceptors (Lipinski definition) is 5. The zero-order valence-corrected chi connectivity index (χ0v) is 14.2. The molecule has 1 fully saturated rings. The van der Waals surface area contributed by atoms with Crippen LogP contribution >= 0.6 is 11.8 Å². The van der Waals surface area contributed by atoms with Crippen molar-refractivity contribution in [3.8, 4) is 5.75 Å². The number of hydrogen-bond donors (Lipinski definition) is 2. The molecule has 0 unspecified atom stereocenters. The van der Waals surface area contributed by atoms with Gasteiger partial charge < -0.3 is 20.7 Å². The minimum absolute atomic E-state index is 0.114. The minimum atomic E-state index is -0.179. The van der Waals surface area contributed by atoms with Gasteiger partial charge in [-0.2, -0.15) is 0 Å². The molecule has 23 heavy (non-hydrogen) atoms. The normalized spacial score (nSPS) is 14.4. The van der Waals surface area contributed by atoms with Gasteiger partial charge in [0.2, 0.25) is 11.8 Å². The monoisotopic (exact) mass is 337 g/mol. The number of benzene rings is 1. The molecular weight excluding hydrogens is 314 g/mol. The topological polar surface area (TPSA) is 84.7 Å². The van der Waals surface area contributed by atoms with Gasteiger partial charge in [-0.05, 0) is 31.4 Å². The van der Waals surface area contributed by atoms with Crippen LogP contribution in [0.1, 0.15) is 19.3 Å². The Bertz CT molecular complexity index is 560. The van der Waals surface area contributed by atoms with Crippen molar-refractivity contribution in [1.29, 1.82) is 0 Å². The summed E-state index contributed by atoms with van der Waals surface area (Å²) in [6.45, 7) is 1.68. The summed E-state index contributed by atoms with van der Waals surface area (Å²) in [6, 6.07) is 5.09. The number of nitrogens with zero attached hydrogens (tertiary/aromatic N) is 1. The highest BCUT2D eigenvalue weighted by molar-refractivity contribution is 8.00. The third kappa shape index (κ3) is 5.35. The molecule has 1 aliphatic heterocycles. The van der Waals surface area contributed by atoms with Crippen LogP contribution in [0.5, 0.6) is 5.75 Å². The van der Waals surface area contributed by atoms with E-state index in [0.29, 0.717) is 22.9 Å². The zero-order chi connectivity index (χ0) is 16.7. The lowest BCUT2D eigenvalue weighted by molar-refractivity contribution is -0.129. The van der Waals surface area contributed by atoms with Gasteiger partial charge in [0.15, 0.2) is 0 Å². The number of nitrogens with one attached hydrogen (secondary N) is 1. The first-order valence-corrected chi connectivity index (χ1v) is 8.84. The van der Waals surface area contributed by atoms with Crippen LogP contribution in [0.25, 0.3) is 0 Å². The van der Waals surface area contributed by atoms with Gasteiger partial charge in [-0.3, -0.25) is 9.59 Å². The smallest absolute Gasteiger partial charge is 0.234 e. The number of rotatable bonds is 6. The van der Waals surface area contributed by atoms with Crippen molar-refractivity contribution in [3.05, 3.63) is 18.2 Å². The molecule has 1 aliphatic rings. The van der Waals surface area contributed by atoms with Gasteiger partial charge >= 0.3 is 0 Å². The Morgan fingerprint density at radius 3 is 2.70 bits per heavy atom. The maximum Gasteiger partial charge on any atom is 0.234 e. The van der Waals surface area contributed by atoms with Crippen molar-refractivity contribution in [2.45, 2.75) is 19.3 Å².